The van der Waals surface area contributed by atoms with Gasteiger partial charge in [-0.2, -0.15) is 18.3 Å². The summed E-state index contributed by atoms with van der Waals surface area (Å²) >= 11 is 6.22. The van der Waals surface area contributed by atoms with E-state index in [4.69, 9.17) is 11.6 Å². The van der Waals surface area contributed by atoms with Crippen LogP contribution < -0.4 is 10.6 Å². The molecular formula is C26H21ClF4N6O2. The van der Waals surface area contributed by atoms with E-state index >= 15 is 0 Å². The smallest absolute Gasteiger partial charge is 0.350 e. The Morgan fingerprint density at radius 1 is 1.15 bits per heavy atom. The first-order chi connectivity index (χ1) is 18.3. The lowest BCUT2D eigenvalue weighted by Gasteiger charge is -2.18. The quantitative estimate of drug-likeness (QED) is 0.314. The molecule has 2 amide bonds. The maximum Gasteiger partial charge on any atom is 0.390 e. The maximum absolute atomic E-state index is 14.4. The van der Waals surface area contributed by atoms with Gasteiger partial charge in [0.05, 0.1) is 23.9 Å². The minimum atomic E-state index is -4.46. The summed E-state index contributed by atoms with van der Waals surface area (Å²) in [4.78, 5) is 34.6. The molecule has 0 radical (unpaired) electrons. The predicted molar refractivity (Wildman–Crippen MR) is 136 cm³/mol. The van der Waals surface area contributed by atoms with E-state index in [1.165, 1.54) is 10.7 Å². The molecule has 0 saturated heterocycles. The van der Waals surface area contributed by atoms with Gasteiger partial charge in [0, 0.05) is 28.1 Å². The second-order valence-electron chi connectivity index (χ2n) is 9.58. The minimum Gasteiger partial charge on any atom is -0.350 e. The molecule has 0 unspecified atom stereocenters. The van der Waals surface area contributed by atoms with Crippen LogP contribution in [-0.2, 0) is 16.8 Å². The highest BCUT2D eigenvalue weighted by atomic mass is 35.5. The standard InChI is InChI=1S/C26H21ClF4N6O2/c1-25(2)18-20(23(38)32-10-9-26(29,30)31)33-22(34-21(18)35-24(25)39)19-15-8-7-14(27)11-17(15)37(36-19)12-13-5-3-4-6-16(13)28/h3-8,11H,9-10,12H2,1-2H3,(H,32,38)(H,33,34,35,39). The summed E-state index contributed by atoms with van der Waals surface area (Å²) in [5, 5.41) is 10.4. The van der Waals surface area contributed by atoms with E-state index in [1.807, 2.05) is 0 Å². The average Bonchev–Trinajstić information content (AvgIpc) is 3.32. The van der Waals surface area contributed by atoms with Gasteiger partial charge in [0.25, 0.3) is 5.91 Å². The first kappa shape index (κ1) is 26.5. The van der Waals surface area contributed by atoms with Crippen LogP contribution in [0.4, 0.5) is 23.4 Å². The van der Waals surface area contributed by atoms with E-state index in [0.29, 0.717) is 21.5 Å². The van der Waals surface area contributed by atoms with Gasteiger partial charge in [0.1, 0.15) is 23.0 Å². The molecule has 0 spiro atoms. The van der Waals surface area contributed by atoms with Crippen LogP contribution in [0.15, 0.2) is 42.5 Å². The van der Waals surface area contributed by atoms with Crippen LogP contribution in [-0.4, -0.2) is 44.3 Å². The van der Waals surface area contributed by atoms with Crippen molar-refractivity contribution in [2.24, 2.45) is 0 Å². The molecule has 0 saturated carbocycles. The Hall–Kier alpha value is -4.06. The molecule has 2 aromatic carbocycles. The monoisotopic (exact) mass is 560 g/mol. The molecule has 3 heterocycles. The Kier molecular flexibility index (Phi) is 6.53. The van der Waals surface area contributed by atoms with Crippen molar-refractivity contribution in [3.8, 4) is 11.5 Å². The first-order valence-corrected chi connectivity index (χ1v) is 12.2. The van der Waals surface area contributed by atoms with Crippen molar-refractivity contribution < 1.29 is 27.2 Å². The average molecular weight is 561 g/mol. The van der Waals surface area contributed by atoms with Gasteiger partial charge in [-0.1, -0.05) is 29.8 Å². The number of anilines is 1. The highest BCUT2D eigenvalue weighted by Crippen LogP contribution is 2.40. The van der Waals surface area contributed by atoms with E-state index in [-0.39, 0.29) is 35.1 Å². The molecule has 2 N–H and O–H groups in total. The highest BCUT2D eigenvalue weighted by Gasteiger charge is 2.44. The molecule has 202 valence electrons. The Labute approximate surface area is 224 Å². The molecule has 4 aromatic rings. The first-order valence-electron chi connectivity index (χ1n) is 11.8. The molecule has 5 rings (SSSR count). The van der Waals surface area contributed by atoms with Crippen molar-refractivity contribution in [1.29, 1.82) is 0 Å². The van der Waals surface area contributed by atoms with Crippen molar-refractivity contribution in [2.45, 2.75) is 38.4 Å². The number of carbonyl (C=O) groups is 2. The number of amides is 2. The molecule has 1 aliphatic rings. The second-order valence-corrected chi connectivity index (χ2v) is 10.0. The van der Waals surface area contributed by atoms with E-state index in [1.54, 1.807) is 50.2 Å². The van der Waals surface area contributed by atoms with Crippen LogP contribution in [0, 0.1) is 5.82 Å². The number of hydrogen-bond donors (Lipinski definition) is 2. The Balaban J connectivity index is 1.64. The van der Waals surface area contributed by atoms with Crippen LogP contribution in [0.3, 0.4) is 0 Å². The van der Waals surface area contributed by atoms with Crippen molar-refractivity contribution in [3.63, 3.8) is 0 Å². The van der Waals surface area contributed by atoms with E-state index in [2.05, 4.69) is 25.7 Å². The Bertz CT molecular complexity index is 1630. The summed E-state index contributed by atoms with van der Waals surface area (Å²) in [5.41, 5.74) is -0.189. The number of carbonyl (C=O) groups excluding carboxylic acids is 2. The van der Waals surface area contributed by atoms with Gasteiger partial charge in [-0.15, -0.1) is 0 Å². The summed E-state index contributed by atoms with van der Waals surface area (Å²) in [6.45, 7) is 2.49. The summed E-state index contributed by atoms with van der Waals surface area (Å²) in [7, 11) is 0. The highest BCUT2D eigenvalue weighted by molar-refractivity contribution is 6.31. The summed E-state index contributed by atoms with van der Waals surface area (Å²) < 4.78 is 53.9. The summed E-state index contributed by atoms with van der Waals surface area (Å²) in [6.07, 6.45) is -5.70. The Morgan fingerprint density at radius 3 is 2.62 bits per heavy atom. The molecule has 1 aliphatic heterocycles. The summed E-state index contributed by atoms with van der Waals surface area (Å²) in [5.74, 6) is -1.76. The fourth-order valence-electron chi connectivity index (χ4n) is 4.41. The number of alkyl halides is 3. The third kappa shape index (κ3) is 5.03. The molecule has 0 bridgehead atoms. The summed E-state index contributed by atoms with van der Waals surface area (Å²) in [6, 6.07) is 11.1. The topological polar surface area (TPSA) is 102 Å². The molecule has 13 heteroatoms. The van der Waals surface area contributed by atoms with Crippen LogP contribution in [0.2, 0.25) is 5.02 Å². The predicted octanol–water partition coefficient (Wildman–Crippen LogP) is 5.25. The van der Waals surface area contributed by atoms with Crippen molar-refractivity contribution in [1.82, 2.24) is 25.1 Å². The number of nitrogens with one attached hydrogen (secondary N) is 2. The third-order valence-electron chi connectivity index (χ3n) is 6.45. The van der Waals surface area contributed by atoms with Gasteiger partial charge in [0.15, 0.2) is 5.82 Å². The van der Waals surface area contributed by atoms with Crippen molar-refractivity contribution in [3.05, 3.63) is 70.1 Å². The number of fused-ring (bicyclic) bond motifs is 2. The number of benzene rings is 2. The molecule has 0 fully saturated rings. The third-order valence-corrected chi connectivity index (χ3v) is 6.68. The normalized spacial score (nSPS) is 14.4. The number of hydrogen-bond acceptors (Lipinski definition) is 5. The largest absolute Gasteiger partial charge is 0.390 e. The van der Waals surface area contributed by atoms with Crippen LogP contribution >= 0.6 is 11.6 Å². The van der Waals surface area contributed by atoms with E-state index < -0.39 is 42.2 Å². The van der Waals surface area contributed by atoms with Crippen molar-refractivity contribution in [2.75, 3.05) is 11.9 Å². The molecule has 0 atom stereocenters. The molecule has 0 aliphatic carbocycles. The number of aromatic nitrogens is 4. The van der Waals surface area contributed by atoms with E-state index in [0.717, 1.165) is 0 Å². The SMILES string of the molecule is CC1(C)C(=O)Nc2nc(-c3nn(Cc4ccccc4F)c4cc(Cl)ccc34)nc(C(=O)NCCC(F)(F)F)c21. The minimum absolute atomic E-state index is 0.0447. The van der Waals surface area contributed by atoms with Crippen molar-refractivity contribution >= 4 is 40.1 Å². The number of rotatable bonds is 6. The fraction of sp³-hybridized carbons (Fsp3) is 0.269. The second kappa shape index (κ2) is 9.60. The Morgan fingerprint density at radius 2 is 1.90 bits per heavy atom. The molecule has 8 nitrogen and oxygen atoms in total. The maximum atomic E-state index is 14.4. The lowest BCUT2D eigenvalue weighted by Crippen LogP contribution is -2.33. The molecule has 39 heavy (non-hydrogen) atoms. The zero-order valence-corrected chi connectivity index (χ0v) is 21.4. The van der Waals surface area contributed by atoms with Gasteiger partial charge in [-0.05, 0) is 38.1 Å². The zero-order valence-electron chi connectivity index (χ0n) is 20.7. The van der Waals surface area contributed by atoms with Crippen LogP contribution in [0.25, 0.3) is 22.4 Å². The van der Waals surface area contributed by atoms with Crippen LogP contribution in [0.1, 0.15) is 41.9 Å². The zero-order chi connectivity index (χ0) is 28.1. The lowest BCUT2D eigenvalue weighted by atomic mass is 9.85. The fourth-order valence-corrected chi connectivity index (χ4v) is 4.58. The van der Waals surface area contributed by atoms with Gasteiger partial charge in [-0.3, -0.25) is 14.3 Å². The van der Waals surface area contributed by atoms with Gasteiger partial charge >= 0.3 is 6.18 Å². The van der Waals surface area contributed by atoms with Gasteiger partial charge in [-0.25, -0.2) is 14.4 Å². The number of nitrogens with zero attached hydrogens (tertiary/aromatic N) is 4. The molecule has 2 aromatic heterocycles. The molecular weight excluding hydrogens is 540 g/mol. The van der Waals surface area contributed by atoms with Gasteiger partial charge in [0.2, 0.25) is 5.91 Å². The number of halogens is 5. The van der Waals surface area contributed by atoms with Crippen LogP contribution in [0.5, 0.6) is 0 Å². The van der Waals surface area contributed by atoms with E-state index in [9.17, 15) is 27.2 Å². The van der Waals surface area contributed by atoms with Gasteiger partial charge < -0.3 is 10.6 Å². The lowest BCUT2D eigenvalue weighted by molar-refractivity contribution is -0.133.